The fraction of sp³-hybridized carbons (Fsp3) is 0.250. The molecule has 26 heavy (non-hydrogen) atoms. The van der Waals surface area contributed by atoms with Crippen molar-refractivity contribution >= 4 is 28.7 Å². The van der Waals surface area contributed by atoms with Crippen LogP contribution < -0.4 is 10.2 Å². The van der Waals surface area contributed by atoms with Crippen LogP contribution in [0.5, 0.6) is 0 Å². The van der Waals surface area contributed by atoms with E-state index in [0.29, 0.717) is 17.3 Å². The Morgan fingerprint density at radius 1 is 1.19 bits per heavy atom. The Bertz CT molecular complexity index is 948. The molecule has 130 valence electrons. The monoisotopic (exact) mass is 346 g/mol. The van der Waals surface area contributed by atoms with E-state index in [2.05, 4.69) is 21.3 Å². The molecule has 0 unspecified atom stereocenters. The highest BCUT2D eigenvalue weighted by Gasteiger charge is 2.27. The zero-order valence-electron chi connectivity index (χ0n) is 14.2. The van der Waals surface area contributed by atoms with Crippen LogP contribution in [0.4, 0.5) is 11.7 Å². The van der Waals surface area contributed by atoms with Gasteiger partial charge in [0.15, 0.2) is 5.58 Å². The van der Waals surface area contributed by atoms with Gasteiger partial charge in [-0.1, -0.05) is 18.2 Å². The molecule has 0 radical (unpaired) electrons. The normalized spacial score (nSPS) is 15.0. The van der Waals surface area contributed by atoms with Gasteiger partial charge in [0.25, 0.3) is 6.01 Å². The molecule has 1 amide bonds. The maximum atomic E-state index is 12.5. The van der Waals surface area contributed by atoms with Crippen LogP contribution in [0.25, 0.3) is 11.1 Å². The summed E-state index contributed by atoms with van der Waals surface area (Å²) >= 11 is 0. The van der Waals surface area contributed by atoms with Gasteiger partial charge in [0, 0.05) is 24.7 Å². The van der Waals surface area contributed by atoms with Crippen molar-refractivity contribution in [3.05, 3.63) is 54.1 Å². The van der Waals surface area contributed by atoms with Gasteiger partial charge in [-0.25, -0.2) is 0 Å². The van der Waals surface area contributed by atoms with Crippen molar-refractivity contribution in [2.75, 3.05) is 23.3 Å². The molecule has 0 atom stereocenters. The van der Waals surface area contributed by atoms with Gasteiger partial charge in [-0.05, 0) is 43.2 Å². The summed E-state index contributed by atoms with van der Waals surface area (Å²) in [5.74, 6) is -0.0568. The summed E-state index contributed by atoms with van der Waals surface area (Å²) in [6, 6.07) is 17.4. The molecule has 2 heterocycles. The van der Waals surface area contributed by atoms with Crippen LogP contribution in [-0.2, 0) is 4.79 Å². The van der Waals surface area contributed by atoms with Crippen LogP contribution in [0.3, 0.4) is 0 Å². The van der Waals surface area contributed by atoms with Crippen LogP contribution in [0.2, 0.25) is 0 Å². The average molecular weight is 346 g/mol. The topological polar surface area (TPSA) is 82.2 Å². The quantitative estimate of drug-likeness (QED) is 0.784. The lowest BCUT2D eigenvalue weighted by Gasteiger charge is -2.30. The third-order valence-electron chi connectivity index (χ3n) is 4.68. The zero-order valence-corrected chi connectivity index (χ0v) is 14.2. The van der Waals surface area contributed by atoms with E-state index in [1.165, 1.54) is 0 Å². The number of amides is 1. The molecule has 0 aliphatic carbocycles. The highest BCUT2D eigenvalue weighted by atomic mass is 16.4. The van der Waals surface area contributed by atoms with Crippen molar-refractivity contribution in [1.29, 1.82) is 5.26 Å². The minimum Gasteiger partial charge on any atom is -0.423 e. The van der Waals surface area contributed by atoms with Gasteiger partial charge >= 0.3 is 0 Å². The van der Waals surface area contributed by atoms with E-state index in [0.717, 1.165) is 37.0 Å². The molecular weight excluding hydrogens is 328 g/mol. The molecule has 1 aliphatic rings. The summed E-state index contributed by atoms with van der Waals surface area (Å²) in [5, 5.41) is 11.9. The predicted molar refractivity (Wildman–Crippen MR) is 98.7 cm³/mol. The van der Waals surface area contributed by atoms with Crippen molar-refractivity contribution in [3.63, 3.8) is 0 Å². The lowest BCUT2D eigenvalue weighted by molar-refractivity contribution is -0.120. The Kier molecular flexibility index (Phi) is 4.28. The number of piperidine rings is 1. The Labute approximate surface area is 151 Å². The van der Waals surface area contributed by atoms with Gasteiger partial charge in [0.1, 0.15) is 5.52 Å². The number of hydrogen-bond acceptors (Lipinski definition) is 5. The Balaban J connectivity index is 1.38. The minimum absolute atomic E-state index is 0.00250. The van der Waals surface area contributed by atoms with Crippen molar-refractivity contribution in [2.24, 2.45) is 5.92 Å². The largest absolute Gasteiger partial charge is 0.423 e. The van der Waals surface area contributed by atoms with Crippen molar-refractivity contribution in [3.8, 4) is 6.07 Å². The number of fused-ring (bicyclic) bond motifs is 1. The number of nitriles is 1. The standard InChI is InChI=1S/C20H18N4O2/c21-13-14-4-3-5-16(12-14)22-19(25)15-8-10-24(11-9-15)20-23-17-6-1-2-7-18(17)26-20/h1-7,12,15H,8-11H2,(H,22,25). The molecule has 2 aromatic carbocycles. The number of nitrogens with one attached hydrogen (secondary N) is 1. The summed E-state index contributed by atoms with van der Waals surface area (Å²) in [4.78, 5) is 19.1. The Morgan fingerprint density at radius 3 is 2.77 bits per heavy atom. The second-order valence-corrected chi connectivity index (χ2v) is 6.41. The number of nitrogens with zero attached hydrogens (tertiary/aromatic N) is 3. The average Bonchev–Trinajstić information content (AvgIpc) is 3.12. The third kappa shape index (κ3) is 3.24. The number of oxazole rings is 1. The second kappa shape index (κ2) is 6.89. The van der Waals surface area contributed by atoms with Gasteiger partial charge < -0.3 is 14.6 Å². The first-order valence-corrected chi connectivity index (χ1v) is 8.64. The molecule has 1 N–H and O–H groups in total. The van der Waals surface area contributed by atoms with Crippen LogP contribution in [0.1, 0.15) is 18.4 Å². The number of anilines is 2. The number of aromatic nitrogens is 1. The molecule has 0 saturated carbocycles. The fourth-order valence-corrected chi connectivity index (χ4v) is 3.24. The predicted octanol–water partition coefficient (Wildman–Crippen LogP) is 3.55. The highest BCUT2D eigenvalue weighted by Crippen LogP contribution is 2.27. The van der Waals surface area contributed by atoms with Crippen LogP contribution in [-0.4, -0.2) is 24.0 Å². The fourth-order valence-electron chi connectivity index (χ4n) is 3.24. The number of benzene rings is 2. The van der Waals surface area contributed by atoms with Crippen molar-refractivity contribution in [1.82, 2.24) is 4.98 Å². The molecule has 0 spiro atoms. The van der Waals surface area contributed by atoms with Crippen LogP contribution >= 0.6 is 0 Å². The smallest absolute Gasteiger partial charge is 0.298 e. The number of hydrogen-bond donors (Lipinski definition) is 1. The molecule has 0 bridgehead atoms. The first-order chi connectivity index (χ1) is 12.7. The molecule has 1 fully saturated rings. The Morgan fingerprint density at radius 2 is 2.00 bits per heavy atom. The molecule has 4 rings (SSSR count). The number of carbonyl (C=O) groups excluding carboxylic acids is 1. The molecule has 6 heteroatoms. The zero-order chi connectivity index (χ0) is 17.9. The highest BCUT2D eigenvalue weighted by molar-refractivity contribution is 5.92. The van der Waals surface area contributed by atoms with Crippen LogP contribution in [0.15, 0.2) is 52.9 Å². The lowest BCUT2D eigenvalue weighted by Crippen LogP contribution is -2.38. The second-order valence-electron chi connectivity index (χ2n) is 6.41. The first-order valence-electron chi connectivity index (χ1n) is 8.64. The van der Waals surface area contributed by atoms with Gasteiger partial charge in [-0.3, -0.25) is 4.79 Å². The van der Waals surface area contributed by atoms with E-state index in [1.807, 2.05) is 24.3 Å². The van der Waals surface area contributed by atoms with E-state index in [-0.39, 0.29) is 11.8 Å². The number of para-hydroxylation sites is 2. The number of rotatable bonds is 3. The van der Waals surface area contributed by atoms with E-state index < -0.39 is 0 Å². The molecular formula is C20H18N4O2. The van der Waals surface area contributed by atoms with Crippen molar-refractivity contribution in [2.45, 2.75) is 12.8 Å². The maximum Gasteiger partial charge on any atom is 0.298 e. The van der Waals surface area contributed by atoms with E-state index in [9.17, 15) is 4.79 Å². The molecule has 3 aromatic rings. The van der Waals surface area contributed by atoms with E-state index >= 15 is 0 Å². The summed E-state index contributed by atoms with van der Waals surface area (Å²) < 4.78 is 5.81. The lowest BCUT2D eigenvalue weighted by atomic mass is 9.96. The SMILES string of the molecule is N#Cc1cccc(NC(=O)C2CCN(c3nc4ccccc4o3)CC2)c1. The first kappa shape index (κ1) is 16.2. The van der Waals surface area contributed by atoms with Gasteiger partial charge in [-0.15, -0.1) is 0 Å². The number of carbonyl (C=O) groups is 1. The summed E-state index contributed by atoms with van der Waals surface area (Å²) in [7, 11) is 0. The summed E-state index contributed by atoms with van der Waals surface area (Å²) in [5.41, 5.74) is 2.82. The van der Waals surface area contributed by atoms with Gasteiger partial charge in [0.2, 0.25) is 5.91 Å². The molecule has 1 aliphatic heterocycles. The van der Waals surface area contributed by atoms with E-state index in [1.54, 1.807) is 24.3 Å². The van der Waals surface area contributed by atoms with Crippen molar-refractivity contribution < 1.29 is 9.21 Å². The molecule has 1 aromatic heterocycles. The van der Waals surface area contributed by atoms with Crippen LogP contribution in [0, 0.1) is 17.2 Å². The molecule has 6 nitrogen and oxygen atoms in total. The third-order valence-corrected chi connectivity index (χ3v) is 4.68. The Hall–Kier alpha value is -3.33. The molecule has 1 saturated heterocycles. The summed E-state index contributed by atoms with van der Waals surface area (Å²) in [6.07, 6.45) is 1.48. The maximum absolute atomic E-state index is 12.5. The summed E-state index contributed by atoms with van der Waals surface area (Å²) in [6.45, 7) is 1.45. The van der Waals surface area contributed by atoms with E-state index in [4.69, 9.17) is 9.68 Å². The van der Waals surface area contributed by atoms with Gasteiger partial charge in [0.05, 0.1) is 11.6 Å². The van der Waals surface area contributed by atoms with Gasteiger partial charge in [-0.2, -0.15) is 10.2 Å². The minimum atomic E-state index is -0.0543.